The molecular weight excluding hydrogens is 317 g/mol. The molecule has 2 N–H and O–H groups in total. The van der Waals surface area contributed by atoms with E-state index in [4.69, 9.17) is 0 Å². The first-order valence-corrected chi connectivity index (χ1v) is 7.93. The van der Waals surface area contributed by atoms with E-state index in [0.717, 1.165) is 22.5 Å². The van der Waals surface area contributed by atoms with Gasteiger partial charge in [-0.1, -0.05) is 24.3 Å². The Morgan fingerprint density at radius 3 is 2.40 bits per heavy atom. The normalized spacial score (nSPS) is 10.3. The van der Waals surface area contributed by atoms with Crippen molar-refractivity contribution in [1.82, 2.24) is 10.3 Å². The minimum atomic E-state index is -0.288. The molecule has 0 unspecified atom stereocenters. The summed E-state index contributed by atoms with van der Waals surface area (Å²) in [6, 6.07) is 17.4. The minimum absolute atomic E-state index is 0.225. The molecule has 25 heavy (non-hydrogen) atoms. The molecule has 0 spiro atoms. The van der Waals surface area contributed by atoms with E-state index in [9.17, 15) is 9.18 Å². The number of hydrogen-bond acceptors (Lipinski definition) is 3. The SMILES string of the molecule is Cc1ccccc1CNC(=O)c1ccc(Nc2ccc(F)cc2)cn1. The molecule has 0 aliphatic heterocycles. The Bertz CT molecular complexity index is 861. The smallest absolute Gasteiger partial charge is 0.270 e. The van der Waals surface area contributed by atoms with Gasteiger partial charge in [0, 0.05) is 12.2 Å². The number of pyridine rings is 1. The highest BCUT2D eigenvalue weighted by Crippen LogP contribution is 2.16. The zero-order chi connectivity index (χ0) is 17.6. The van der Waals surface area contributed by atoms with E-state index >= 15 is 0 Å². The van der Waals surface area contributed by atoms with Gasteiger partial charge >= 0.3 is 0 Å². The van der Waals surface area contributed by atoms with Gasteiger partial charge in [0.25, 0.3) is 5.91 Å². The van der Waals surface area contributed by atoms with E-state index in [0.29, 0.717) is 12.2 Å². The first-order valence-electron chi connectivity index (χ1n) is 7.93. The highest BCUT2D eigenvalue weighted by molar-refractivity contribution is 5.92. The monoisotopic (exact) mass is 335 g/mol. The molecule has 0 atom stereocenters. The fourth-order valence-electron chi connectivity index (χ4n) is 2.38. The molecule has 5 heteroatoms. The summed E-state index contributed by atoms with van der Waals surface area (Å²) in [6.45, 7) is 2.47. The quantitative estimate of drug-likeness (QED) is 0.735. The van der Waals surface area contributed by atoms with Gasteiger partial charge in [-0.25, -0.2) is 9.37 Å². The van der Waals surface area contributed by atoms with Crippen LogP contribution in [0.3, 0.4) is 0 Å². The maximum atomic E-state index is 12.9. The maximum Gasteiger partial charge on any atom is 0.270 e. The van der Waals surface area contributed by atoms with Crippen LogP contribution in [0.25, 0.3) is 0 Å². The number of amides is 1. The van der Waals surface area contributed by atoms with Crippen LogP contribution >= 0.6 is 0 Å². The Morgan fingerprint density at radius 1 is 1.00 bits per heavy atom. The third kappa shape index (κ3) is 4.41. The minimum Gasteiger partial charge on any atom is -0.354 e. The average molecular weight is 335 g/mol. The summed E-state index contributed by atoms with van der Waals surface area (Å²) in [6.07, 6.45) is 1.58. The van der Waals surface area contributed by atoms with E-state index in [2.05, 4.69) is 15.6 Å². The molecule has 126 valence electrons. The van der Waals surface area contributed by atoms with Crippen molar-refractivity contribution in [2.24, 2.45) is 0 Å². The van der Waals surface area contributed by atoms with Gasteiger partial charge in [-0.2, -0.15) is 0 Å². The standard InChI is InChI=1S/C20H18FN3O/c1-14-4-2-3-5-15(14)12-23-20(25)19-11-10-18(13-22-19)24-17-8-6-16(21)7-9-17/h2-11,13,24H,12H2,1H3,(H,23,25). The van der Waals surface area contributed by atoms with Crippen LogP contribution in [-0.2, 0) is 6.54 Å². The van der Waals surface area contributed by atoms with Crippen LogP contribution < -0.4 is 10.6 Å². The molecule has 1 amide bonds. The van der Waals surface area contributed by atoms with E-state index in [-0.39, 0.29) is 11.7 Å². The Hall–Kier alpha value is -3.21. The molecule has 0 aliphatic carbocycles. The van der Waals surface area contributed by atoms with Crippen molar-refractivity contribution in [2.45, 2.75) is 13.5 Å². The number of nitrogens with zero attached hydrogens (tertiary/aromatic N) is 1. The van der Waals surface area contributed by atoms with Crippen LogP contribution in [0.4, 0.5) is 15.8 Å². The van der Waals surface area contributed by atoms with Crippen LogP contribution in [0.1, 0.15) is 21.6 Å². The first kappa shape index (κ1) is 16.6. The van der Waals surface area contributed by atoms with Crippen molar-refractivity contribution in [1.29, 1.82) is 0 Å². The highest BCUT2D eigenvalue weighted by atomic mass is 19.1. The number of carbonyl (C=O) groups excluding carboxylic acids is 1. The summed E-state index contributed by atoms with van der Waals surface area (Å²) in [5.41, 5.74) is 4.03. The van der Waals surface area contributed by atoms with Crippen molar-refractivity contribution in [3.63, 3.8) is 0 Å². The third-order valence-corrected chi connectivity index (χ3v) is 3.83. The van der Waals surface area contributed by atoms with Gasteiger partial charge in [-0.3, -0.25) is 4.79 Å². The van der Waals surface area contributed by atoms with Gasteiger partial charge in [0.1, 0.15) is 11.5 Å². The highest BCUT2D eigenvalue weighted by Gasteiger charge is 2.07. The van der Waals surface area contributed by atoms with Crippen molar-refractivity contribution < 1.29 is 9.18 Å². The Kier molecular flexibility index (Phi) is 5.04. The molecule has 0 fully saturated rings. The summed E-state index contributed by atoms with van der Waals surface area (Å²) < 4.78 is 12.9. The Morgan fingerprint density at radius 2 is 1.72 bits per heavy atom. The fraction of sp³-hybridized carbons (Fsp3) is 0.100. The Balaban J connectivity index is 1.60. The number of carbonyl (C=O) groups is 1. The maximum absolute atomic E-state index is 12.9. The molecule has 2 aromatic carbocycles. The lowest BCUT2D eigenvalue weighted by molar-refractivity contribution is 0.0946. The number of halogens is 1. The van der Waals surface area contributed by atoms with E-state index in [1.165, 1.54) is 12.1 Å². The van der Waals surface area contributed by atoms with E-state index in [1.54, 1.807) is 30.5 Å². The number of nitrogens with one attached hydrogen (secondary N) is 2. The molecule has 4 nitrogen and oxygen atoms in total. The first-order chi connectivity index (χ1) is 12.1. The summed E-state index contributed by atoms with van der Waals surface area (Å²) in [5.74, 6) is -0.513. The van der Waals surface area contributed by atoms with Gasteiger partial charge in [-0.15, -0.1) is 0 Å². The summed E-state index contributed by atoms with van der Waals surface area (Å²) in [5, 5.41) is 5.97. The van der Waals surface area contributed by atoms with Crippen LogP contribution in [-0.4, -0.2) is 10.9 Å². The van der Waals surface area contributed by atoms with Crippen LogP contribution in [0.5, 0.6) is 0 Å². The Labute approximate surface area is 145 Å². The lowest BCUT2D eigenvalue weighted by Gasteiger charge is -2.09. The van der Waals surface area contributed by atoms with E-state index in [1.807, 2.05) is 31.2 Å². The second-order valence-corrected chi connectivity index (χ2v) is 5.67. The van der Waals surface area contributed by atoms with Crippen LogP contribution in [0.15, 0.2) is 66.9 Å². The summed E-state index contributed by atoms with van der Waals surface area (Å²) in [7, 11) is 0. The summed E-state index contributed by atoms with van der Waals surface area (Å²) in [4.78, 5) is 16.4. The van der Waals surface area contributed by atoms with Crippen molar-refractivity contribution >= 4 is 17.3 Å². The molecule has 3 rings (SSSR count). The van der Waals surface area contributed by atoms with Crippen molar-refractivity contribution in [3.05, 3.63) is 89.5 Å². The molecule has 0 saturated carbocycles. The molecule has 0 saturated heterocycles. The lowest BCUT2D eigenvalue weighted by Crippen LogP contribution is -2.24. The predicted molar refractivity (Wildman–Crippen MR) is 96.3 cm³/mol. The second-order valence-electron chi connectivity index (χ2n) is 5.67. The topological polar surface area (TPSA) is 54.0 Å². The molecule has 3 aromatic rings. The molecule has 1 aromatic heterocycles. The zero-order valence-electron chi connectivity index (χ0n) is 13.8. The van der Waals surface area contributed by atoms with Crippen LogP contribution in [0.2, 0.25) is 0 Å². The molecular formula is C20H18FN3O. The van der Waals surface area contributed by atoms with Gasteiger partial charge in [0.15, 0.2) is 0 Å². The number of aryl methyl sites for hydroxylation is 1. The average Bonchev–Trinajstić information content (AvgIpc) is 2.63. The van der Waals surface area contributed by atoms with Gasteiger partial charge < -0.3 is 10.6 Å². The van der Waals surface area contributed by atoms with Crippen LogP contribution in [0, 0.1) is 12.7 Å². The molecule has 0 aliphatic rings. The zero-order valence-corrected chi connectivity index (χ0v) is 13.8. The predicted octanol–water partition coefficient (Wildman–Crippen LogP) is 4.20. The summed E-state index contributed by atoms with van der Waals surface area (Å²) >= 11 is 0. The number of hydrogen-bond donors (Lipinski definition) is 2. The van der Waals surface area contributed by atoms with E-state index < -0.39 is 0 Å². The number of anilines is 2. The van der Waals surface area contributed by atoms with Crippen molar-refractivity contribution in [2.75, 3.05) is 5.32 Å². The van der Waals surface area contributed by atoms with Crippen molar-refractivity contribution in [3.8, 4) is 0 Å². The largest absolute Gasteiger partial charge is 0.354 e. The molecule has 1 heterocycles. The lowest BCUT2D eigenvalue weighted by atomic mass is 10.1. The molecule has 0 bridgehead atoms. The van der Waals surface area contributed by atoms with Gasteiger partial charge in [0.05, 0.1) is 11.9 Å². The third-order valence-electron chi connectivity index (χ3n) is 3.83. The van der Waals surface area contributed by atoms with Gasteiger partial charge in [0.2, 0.25) is 0 Å². The van der Waals surface area contributed by atoms with Gasteiger partial charge in [-0.05, 0) is 54.4 Å². The number of aromatic nitrogens is 1. The molecule has 0 radical (unpaired) electrons. The number of benzene rings is 2. The fourth-order valence-corrected chi connectivity index (χ4v) is 2.38. The second kappa shape index (κ2) is 7.57. The number of rotatable bonds is 5.